The van der Waals surface area contributed by atoms with Crippen LogP contribution in [0.4, 0.5) is 4.39 Å². The molecule has 25 heavy (non-hydrogen) atoms. The van der Waals surface area contributed by atoms with Crippen molar-refractivity contribution in [3.05, 3.63) is 65.7 Å². The van der Waals surface area contributed by atoms with Gasteiger partial charge in [0, 0.05) is 12.5 Å². The molecule has 0 N–H and O–H groups in total. The fourth-order valence-corrected chi connectivity index (χ4v) is 3.85. The molecule has 1 aliphatic rings. The molecule has 2 nitrogen and oxygen atoms in total. The summed E-state index contributed by atoms with van der Waals surface area (Å²) >= 11 is 0. The zero-order valence-electron chi connectivity index (χ0n) is 15.2. The minimum Gasteiger partial charge on any atom is -0.489 e. The third-order valence-corrected chi connectivity index (χ3v) is 5.14. The van der Waals surface area contributed by atoms with Crippen LogP contribution >= 0.6 is 0 Å². The number of rotatable bonds is 6. The third-order valence-electron chi connectivity index (χ3n) is 5.14. The highest BCUT2D eigenvalue weighted by molar-refractivity contribution is 5.34. The van der Waals surface area contributed by atoms with Crippen LogP contribution in [0.1, 0.15) is 36.8 Å². The maximum atomic E-state index is 16.0. The second-order valence-electron chi connectivity index (χ2n) is 7.37. The van der Waals surface area contributed by atoms with Crippen LogP contribution in [0.15, 0.2) is 54.6 Å². The van der Waals surface area contributed by atoms with Crippen LogP contribution < -0.4 is 4.74 Å². The highest BCUT2D eigenvalue weighted by Gasteiger charge is 2.42. The highest BCUT2D eigenvalue weighted by atomic mass is 19.1. The summed E-state index contributed by atoms with van der Waals surface area (Å²) in [4.78, 5) is 2.10. The van der Waals surface area contributed by atoms with Crippen LogP contribution in [-0.2, 0) is 12.3 Å². The van der Waals surface area contributed by atoms with Gasteiger partial charge in [0.25, 0.3) is 0 Å². The fourth-order valence-electron chi connectivity index (χ4n) is 3.85. The second-order valence-corrected chi connectivity index (χ2v) is 7.37. The van der Waals surface area contributed by atoms with E-state index in [0.717, 1.165) is 42.7 Å². The van der Waals surface area contributed by atoms with Gasteiger partial charge in [-0.25, -0.2) is 4.39 Å². The third kappa shape index (κ3) is 4.40. The molecule has 3 rings (SSSR count). The van der Waals surface area contributed by atoms with E-state index in [9.17, 15) is 0 Å². The summed E-state index contributed by atoms with van der Waals surface area (Å²) in [5.41, 5.74) is 0.630. The van der Waals surface area contributed by atoms with Gasteiger partial charge in [-0.3, -0.25) is 0 Å². The predicted molar refractivity (Wildman–Crippen MR) is 101 cm³/mol. The standard InChI is InChI=1S/C22H28FNO/c1-24(2)16-20-11-6-7-14-22(20,23)19-12-8-13-21(15-19)25-17-18-9-4-3-5-10-18/h3-5,8-10,12-13,15,20H,6-7,11,14,16-17H2,1-2H3/t20-,22+/m0/s1. The molecule has 0 aliphatic heterocycles. The Hall–Kier alpha value is -1.87. The van der Waals surface area contributed by atoms with Crippen molar-refractivity contribution in [2.75, 3.05) is 20.6 Å². The van der Waals surface area contributed by atoms with Gasteiger partial charge in [0.15, 0.2) is 0 Å². The van der Waals surface area contributed by atoms with E-state index >= 15 is 4.39 Å². The lowest BCUT2D eigenvalue weighted by atomic mass is 9.72. The van der Waals surface area contributed by atoms with Crippen LogP contribution in [-0.4, -0.2) is 25.5 Å². The zero-order chi connectivity index (χ0) is 17.7. The summed E-state index contributed by atoms with van der Waals surface area (Å²) in [5.74, 6) is 0.785. The van der Waals surface area contributed by atoms with Gasteiger partial charge < -0.3 is 9.64 Å². The van der Waals surface area contributed by atoms with Gasteiger partial charge >= 0.3 is 0 Å². The molecule has 1 fully saturated rings. The topological polar surface area (TPSA) is 12.5 Å². The van der Waals surface area contributed by atoms with Gasteiger partial charge in [-0.05, 0) is 56.6 Å². The lowest BCUT2D eigenvalue weighted by Crippen LogP contribution is -2.39. The first kappa shape index (κ1) is 17.9. The second kappa shape index (κ2) is 8.01. The van der Waals surface area contributed by atoms with Crippen LogP contribution in [0, 0.1) is 5.92 Å². The van der Waals surface area contributed by atoms with Crippen LogP contribution in [0.3, 0.4) is 0 Å². The first-order valence-corrected chi connectivity index (χ1v) is 9.19. The Morgan fingerprint density at radius 3 is 2.64 bits per heavy atom. The van der Waals surface area contributed by atoms with Crippen molar-refractivity contribution in [1.29, 1.82) is 0 Å². The van der Waals surface area contributed by atoms with Gasteiger partial charge in [0.05, 0.1) is 0 Å². The van der Waals surface area contributed by atoms with E-state index in [1.807, 2.05) is 68.7 Å². The smallest absolute Gasteiger partial charge is 0.140 e. The van der Waals surface area contributed by atoms with E-state index in [1.54, 1.807) is 0 Å². The maximum absolute atomic E-state index is 16.0. The Kier molecular flexibility index (Phi) is 5.74. The van der Waals surface area contributed by atoms with E-state index in [2.05, 4.69) is 4.90 Å². The number of nitrogens with zero attached hydrogens (tertiary/aromatic N) is 1. The summed E-state index contributed by atoms with van der Waals surface area (Å²) in [6.07, 6.45) is 3.63. The zero-order valence-corrected chi connectivity index (χ0v) is 15.2. The van der Waals surface area contributed by atoms with Crippen molar-refractivity contribution >= 4 is 0 Å². The van der Waals surface area contributed by atoms with E-state index in [4.69, 9.17) is 4.74 Å². The highest BCUT2D eigenvalue weighted by Crippen LogP contribution is 2.46. The molecular weight excluding hydrogens is 313 g/mol. The van der Waals surface area contributed by atoms with Crippen molar-refractivity contribution in [1.82, 2.24) is 4.90 Å². The molecule has 1 aliphatic carbocycles. The molecule has 0 bridgehead atoms. The normalized spacial score (nSPS) is 23.6. The Morgan fingerprint density at radius 1 is 1.08 bits per heavy atom. The van der Waals surface area contributed by atoms with Crippen molar-refractivity contribution in [2.24, 2.45) is 5.92 Å². The molecule has 0 spiro atoms. The molecule has 0 unspecified atom stereocenters. The van der Waals surface area contributed by atoms with Crippen LogP contribution in [0.5, 0.6) is 5.75 Å². The van der Waals surface area contributed by atoms with Gasteiger partial charge in [-0.1, -0.05) is 48.9 Å². The lowest BCUT2D eigenvalue weighted by molar-refractivity contribution is 0.0199. The van der Waals surface area contributed by atoms with E-state index < -0.39 is 5.67 Å². The van der Waals surface area contributed by atoms with Gasteiger partial charge in [-0.15, -0.1) is 0 Å². The largest absolute Gasteiger partial charge is 0.489 e. The average molecular weight is 341 g/mol. The minimum atomic E-state index is -1.26. The SMILES string of the molecule is CN(C)C[C@@H]1CCCC[C@@]1(F)c1cccc(OCc2ccccc2)c1. The molecule has 0 radical (unpaired) electrons. The molecule has 0 saturated heterocycles. The Morgan fingerprint density at radius 2 is 1.88 bits per heavy atom. The number of ether oxygens (including phenoxy) is 1. The average Bonchev–Trinajstić information content (AvgIpc) is 2.63. The summed E-state index contributed by atoms with van der Waals surface area (Å²) in [6, 6.07) is 17.7. The minimum absolute atomic E-state index is 0.0422. The molecule has 2 aromatic rings. The van der Waals surface area contributed by atoms with E-state index in [0.29, 0.717) is 13.0 Å². The molecule has 0 amide bonds. The summed E-state index contributed by atoms with van der Waals surface area (Å²) in [6.45, 7) is 1.29. The summed E-state index contributed by atoms with van der Waals surface area (Å²) < 4.78 is 21.9. The number of hydrogen-bond donors (Lipinski definition) is 0. The quantitative estimate of drug-likeness (QED) is 0.717. The van der Waals surface area contributed by atoms with Crippen LogP contribution in [0.25, 0.3) is 0 Å². The first-order chi connectivity index (χ1) is 12.1. The van der Waals surface area contributed by atoms with E-state index in [-0.39, 0.29) is 5.92 Å². The maximum Gasteiger partial charge on any atom is 0.140 e. The summed E-state index contributed by atoms with van der Waals surface area (Å²) in [5, 5.41) is 0. The Labute approximate surface area is 150 Å². The molecular formula is C22H28FNO. The van der Waals surface area contributed by atoms with Crippen molar-refractivity contribution < 1.29 is 9.13 Å². The molecule has 2 atom stereocenters. The number of benzene rings is 2. The number of halogens is 1. The molecule has 3 heteroatoms. The van der Waals surface area contributed by atoms with Crippen LogP contribution in [0.2, 0.25) is 0 Å². The fraction of sp³-hybridized carbons (Fsp3) is 0.455. The molecule has 2 aromatic carbocycles. The lowest BCUT2D eigenvalue weighted by Gasteiger charge is -2.39. The molecule has 0 aromatic heterocycles. The van der Waals surface area contributed by atoms with Crippen molar-refractivity contribution in [3.8, 4) is 5.75 Å². The number of alkyl halides is 1. The Balaban J connectivity index is 1.76. The molecule has 0 heterocycles. The Bertz CT molecular complexity index is 673. The summed E-state index contributed by atoms with van der Waals surface area (Å²) in [7, 11) is 4.04. The van der Waals surface area contributed by atoms with Gasteiger partial charge in [-0.2, -0.15) is 0 Å². The monoisotopic (exact) mass is 341 g/mol. The molecule has 1 saturated carbocycles. The van der Waals surface area contributed by atoms with E-state index in [1.165, 1.54) is 0 Å². The first-order valence-electron chi connectivity index (χ1n) is 9.19. The van der Waals surface area contributed by atoms with Crippen molar-refractivity contribution in [3.63, 3.8) is 0 Å². The molecule has 134 valence electrons. The predicted octanol–water partition coefficient (Wildman–Crippen LogP) is 5.18. The van der Waals surface area contributed by atoms with Gasteiger partial charge in [0.1, 0.15) is 18.0 Å². The van der Waals surface area contributed by atoms with Gasteiger partial charge in [0.2, 0.25) is 0 Å². The number of hydrogen-bond acceptors (Lipinski definition) is 2. The van der Waals surface area contributed by atoms with Crippen molar-refractivity contribution in [2.45, 2.75) is 38.0 Å².